The highest BCUT2D eigenvalue weighted by molar-refractivity contribution is 8.00. The van der Waals surface area contributed by atoms with Crippen LogP contribution in [-0.2, 0) is 4.79 Å². The molecule has 0 heterocycles. The highest BCUT2D eigenvalue weighted by Gasteiger charge is 2.12. The lowest BCUT2D eigenvalue weighted by Crippen LogP contribution is -2.37. The van der Waals surface area contributed by atoms with Crippen molar-refractivity contribution in [1.82, 2.24) is 5.32 Å². The molecule has 0 aliphatic rings. The van der Waals surface area contributed by atoms with E-state index in [1.165, 1.54) is 19.1 Å². The third-order valence-electron chi connectivity index (χ3n) is 3.09. The summed E-state index contributed by atoms with van der Waals surface area (Å²) in [7, 11) is 0. The Morgan fingerprint density at radius 3 is 2.45 bits per heavy atom. The monoisotopic (exact) mass is 297 g/mol. The molecule has 0 saturated carbocycles. The van der Waals surface area contributed by atoms with Crippen molar-refractivity contribution in [2.45, 2.75) is 38.6 Å². The molecule has 0 bridgehead atoms. The number of rotatable bonds is 6. The van der Waals surface area contributed by atoms with E-state index in [1.54, 1.807) is 6.07 Å². The number of ketones is 1. The first kappa shape index (κ1) is 16.7. The maximum absolute atomic E-state index is 13.7. The summed E-state index contributed by atoms with van der Waals surface area (Å²) in [5, 5.41) is 2.86. The molecule has 0 aromatic heterocycles. The lowest BCUT2D eigenvalue weighted by atomic mass is 10.1. The van der Waals surface area contributed by atoms with Gasteiger partial charge >= 0.3 is 0 Å². The molecular formula is C15H20FNO2S. The molecule has 0 aliphatic heterocycles. The Morgan fingerprint density at radius 2 is 1.95 bits per heavy atom. The van der Waals surface area contributed by atoms with E-state index in [4.69, 9.17) is 0 Å². The van der Waals surface area contributed by atoms with Crippen LogP contribution < -0.4 is 5.32 Å². The summed E-state index contributed by atoms with van der Waals surface area (Å²) in [6.07, 6.45) is 0. The molecule has 3 nitrogen and oxygen atoms in total. The minimum absolute atomic E-state index is 0.0908. The first-order chi connectivity index (χ1) is 9.31. The summed E-state index contributed by atoms with van der Waals surface area (Å²) in [6.45, 7) is 7.38. The third kappa shape index (κ3) is 4.96. The van der Waals surface area contributed by atoms with Crippen LogP contribution in [0.25, 0.3) is 0 Å². The number of carbonyl (C=O) groups is 2. The molecule has 110 valence electrons. The molecule has 1 aromatic carbocycles. The van der Waals surface area contributed by atoms with Gasteiger partial charge in [-0.05, 0) is 31.9 Å². The fourth-order valence-corrected chi connectivity index (χ4v) is 2.17. The van der Waals surface area contributed by atoms with E-state index in [2.05, 4.69) is 5.32 Å². The molecule has 1 unspecified atom stereocenters. The Hall–Kier alpha value is -1.36. The van der Waals surface area contributed by atoms with Crippen molar-refractivity contribution >= 4 is 23.5 Å². The van der Waals surface area contributed by atoms with Crippen molar-refractivity contribution in [2.75, 3.05) is 5.75 Å². The summed E-state index contributed by atoms with van der Waals surface area (Å²) < 4.78 is 13.7. The normalized spacial score (nSPS) is 12.3. The maximum atomic E-state index is 13.7. The Balaban J connectivity index is 2.58. The maximum Gasteiger partial charge on any atom is 0.230 e. The highest BCUT2D eigenvalue weighted by atomic mass is 32.2. The number of hydrogen-bond donors (Lipinski definition) is 1. The molecule has 5 heteroatoms. The van der Waals surface area contributed by atoms with E-state index in [0.717, 1.165) is 11.8 Å². The third-order valence-corrected chi connectivity index (χ3v) is 4.13. The average molecular weight is 297 g/mol. The summed E-state index contributed by atoms with van der Waals surface area (Å²) in [4.78, 5) is 23.2. The van der Waals surface area contributed by atoms with Crippen LogP contribution in [0.4, 0.5) is 4.39 Å². The zero-order chi connectivity index (χ0) is 15.3. The quantitative estimate of drug-likeness (QED) is 0.647. The topological polar surface area (TPSA) is 46.2 Å². The Bertz CT molecular complexity index is 503. The SMILES string of the molecule is CC(=O)c1ccc(SCC(=O)NC(C)C(C)C)c(F)c1. The second kappa shape index (κ2) is 7.43. The predicted molar refractivity (Wildman–Crippen MR) is 79.6 cm³/mol. The minimum Gasteiger partial charge on any atom is -0.353 e. The Labute approximate surface area is 123 Å². The summed E-state index contributed by atoms with van der Waals surface area (Å²) in [5.41, 5.74) is 0.338. The number of Topliss-reactive ketones (excluding diaryl/α,β-unsaturated/α-hetero) is 1. The van der Waals surface area contributed by atoms with Gasteiger partial charge in [-0.15, -0.1) is 11.8 Å². The molecule has 0 radical (unpaired) electrons. The molecule has 1 N–H and O–H groups in total. The molecule has 1 aromatic rings. The van der Waals surface area contributed by atoms with Crippen LogP contribution >= 0.6 is 11.8 Å². The van der Waals surface area contributed by atoms with Crippen molar-refractivity contribution in [3.8, 4) is 0 Å². The number of thioether (sulfide) groups is 1. The lowest BCUT2D eigenvalue weighted by molar-refractivity contribution is -0.119. The van der Waals surface area contributed by atoms with Gasteiger partial charge in [0, 0.05) is 16.5 Å². The smallest absolute Gasteiger partial charge is 0.230 e. The van der Waals surface area contributed by atoms with Crippen LogP contribution in [0.5, 0.6) is 0 Å². The van der Waals surface area contributed by atoms with E-state index in [-0.39, 0.29) is 23.5 Å². The largest absolute Gasteiger partial charge is 0.353 e. The van der Waals surface area contributed by atoms with Crippen LogP contribution in [0.1, 0.15) is 38.1 Å². The van der Waals surface area contributed by atoms with Gasteiger partial charge in [0.25, 0.3) is 0 Å². The van der Waals surface area contributed by atoms with Gasteiger partial charge < -0.3 is 5.32 Å². The van der Waals surface area contributed by atoms with Gasteiger partial charge in [0.05, 0.1) is 5.75 Å². The zero-order valence-electron chi connectivity index (χ0n) is 12.2. The molecular weight excluding hydrogens is 277 g/mol. The number of amides is 1. The highest BCUT2D eigenvalue weighted by Crippen LogP contribution is 2.22. The van der Waals surface area contributed by atoms with E-state index >= 15 is 0 Å². The van der Waals surface area contributed by atoms with Crippen LogP contribution in [0.3, 0.4) is 0 Å². The van der Waals surface area contributed by atoms with Crippen molar-refractivity contribution < 1.29 is 14.0 Å². The molecule has 0 spiro atoms. The molecule has 1 amide bonds. The van der Waals surface area contributed by atoms with Gasteiger partial charge in [0.15, 0.2) is 5.78 Å². The molecule has 0 fully saturated rings. The van der Waals surface area contributed by atoms with Crippen molar-refractivity contribution in [1.29, 1.82) is 0 Å². The number of benzene rings is 1. The van der Waals surface area contributed by atoms with Crippen molar-refractivity contribution in [3.05, 3.63) is 29.6 Å². The molecule has 1 rings (SSSR count). The molecule has 0 aliphatic carbocycles. The Kier molecular flexibility index (Phi) is 6.20. The van der Waals surface area contributed by atoms with Crippen LogP contribution in [-0.4, -0.2) is 23.5 Å². The molecule has 0 saturated heterocycles. The predicted octanol–water partition coefficient (Wildman–Crippen LogP) is 3.28. The van der Waals surface area contributed by atoms with Crippen LogP contribution in [0, 0.1) is 11.7 Å². The Morgan fingerprint density at radius 1 is 1.30 bits per heavy atom. The van der Waals surface area contributed by atoms with Crippen LogP contribution in [0.15, 0.2) is 23.1 Å². The van der Waals surface area contributed by atoms with E-state index in [9.17, 15) is 14.0 Å². The summed E-state index contributed by atoms with van der Waals surface area (Å²) in [5.74, 6) is -0.244. The second-order valence-electron chi connectivity index (χ2n) is 5.09. The van der Waals surface area contributed by atoms with E-state index < -0.39 is 5.82 Å². The minimum atomic E-state index is -0.465. The summed E-state index contributed by atoms with van der Waals surface area (Å²) in [6, 6.07) is 4.41. The first-order valence-corrected chi connectivity index (χ1v) is 7.52. The fraction of sp³-hybridized carbons (Fsp3) is 0.467. The van der Waals surface area contributed by atoms with Crippen molar-refractivity contribution in [3.63, 3.8) is 0 Å². The molecule has 1 atom stereocenters. The lowest BCUT2D eigenvalue weighted by Gasteiger charge is -2.17. The first-order valence-electron chi connectivity index (χ1n) is 6.54. The number of halogens is 1. The van der Waals surface area contributed by atoms with Gasteiger partial charge in [-0.1, -0.05) is 19.9 Å². The number of carbonyl (C=O) groups excluding carboxylic acids is 2. The average Bonchev–Trinajstić information content (AvgIpc) is 2.36. The van der Waals surface area contributed by atoms with E-state index in [0.29, 0.717) is 16.4 Å². The number of nitrogens with one attached hydrogen (secondary N) is 1. The molecule has 20 heavy (non-hydrogen) atoms. The zero-order valence-corrected chi connectivity index (χ0v) is 13.0. The standard InChI is InChI=1S/C15H20FNO2S/c1-9(2)10(3)17-15(19)8-20-14-6-5-12(11(4)18)7-13(14)16/h5-7,9-10H,8H2,1-4H3,(H,17,19). The van der Waals surface area contributed by atoms with Gasteiger partial charge in [-0.25, -0.2) is 4.39 Å². The fourth-order valence-electron chi connectivity index (χ4n) is 1.44. The van der Waals surface area contributed by atoms with Gasteiger partial charge in [0.1, 0.15) is 5.82 Å². The van der Waals surface area contributed by atoms with E-state index in [1.807, 2.05) is 20.8 Å². The number of hydrogen-bond acceptors (Lipinski definition) is 3. The summed E-state index contributed by atoms with van der Waals surface area (Å²) >= 11 is 1.13. The van der Waals surface area contributed by atoms with Crippen molar-refractivity contribution in [2.24, 2.45) is 5.92 Å². The van der Waals surface area contributed by atoms with Gasteiger partial charge in [-0.2, -0.15) is 0 Å². The van der Waals surface area contributed by atoms with Crippen LogP contribution in [0.2, 0.25) is 0 Å². The van der Waals surface area contributed by atoms with Gasteiger partial charge in [-0.3, -0.25) is 9.59 Å². The van der Waals surface area contributed by atoms with Gasteiger partial charge in [0.2, 0.25) is 5.91 Å². The second-order valence-corrected chi connectivity index (χ2v) is 6.11.